The minimum Gasteiger partial charge on any atom is -0.497 e. The fourth-order valence-electron chi connectivity index (χ4n) is 4.15. The van der Waals surface area contributed by atoms with Gasteiger partial charge >= 0.3 is 0 Å². The number of hydrogen-bond donors (Lipinski definition) is 0. The van der Waals surface area contributed by atoms with Crippen molar-refractivity contribution in [1.82, 2.24) is 4.90 Å². The summed E-state index contributed by atoms with van der Waals surface area (Å²) in [5.41, 5.74) is 1.76. The number of ether oxygens (including phenoxy) is 3. The summed E-state index contributed by atoms with van der Waals surface area (Å²) in [6, 6.07) is 8.42. The predicted octanol–water partition coefficient (Wildman–Crippen LogP) is 2.96. The zero-order valence-corrected chi connectivity index (χ0v) is 14.4. The highest BCUT2D eigenvalue weighted by Gasteiger charge is 2.43. The molecule has 23 heavy (non-hydrogen) atoms. The van der Waals surface area contributed by atoms with Crippen LogP contribution in [0, 0.1) is 11.3 Å². The molecule has 0 aromatic heterocycles. The van der Waals surface area contributed by atoms with Gasteiger partial charge in [-0.3, -0.25) is 4.90 Å². The minimum atomic E-state index is 0.430. The summed E-state index contributed by atoms with van der Waals surface area (Å²) >= 11 is 0. The van der Waals surface area contributed by atoms with E-state index in [0.717, 1.165) is 45.2 Å². The van der Waals surface area contributed by atoms with Gasteiger partial charge in [0.1, 0.15) is 5.75 Å². The monoisotopic (exact) mass is 319 g/mol. The fourth-order valence-corrected chi connectivity index (χ4v) is 4.15. The molecule has 0 N–H and O–H groups in total. The van der Waals surface area contributed by atoms with Gasteiger partial charge in [-0.05, 0) is 55.5 Å². The van der Waals surface area contributed by atoms with E-state index in [9.17, 15) is 0 Å². The Kier molecular flexibility index (Phi) is 5.57. The zero-order chi connectivity index (χ0) is 16.1. The molecule has 1 aromatic rings. The standard InChI is InChI=1S/C19H29NO3/c1-21-14-17-15-23-11-8-19(17)6-9-20(10-7-19)13-16-4-3-5-18(12-16)22-2/h3-5,12,17H,6-11,13-15H2,1-2H3. The second-order valence-corrected chi connectivity index (χ2v) is 6.97. The number of hydrogen-bond acceptors (Lipinski definition) is 4. The molecule has 4 heteroatoms. The molecule has 1 unspecified atom stereocenters. The highest BCUT2D eigenvalue weighted by Crippen LogP contribution is 2.44. The summed E-state index contributed by atoms with van der Waals surface area (Å²) in [5.74, 6) is 1.50. The summed E-state index contributed by atoms with van der Waals surface area (Å²) in [4.78, 5) is 2.57. The average molecular weight is 319 g/mol. The maximum Gasteiger partial charge on any atom is 0.119 e. The van der Waals surface area contributed by atoms with Crippen molar-refractivity contribution in [2.75, 3.05) is 47.1 Å². The van der Waals surface area contributed by atoms with E-state index in [2.05, 4.69) is 23.1 Å². The van der Waals surface area contributed by atoms with Crippen molar-refractivity contribution in [3.63, 3.8) is 0 Å². The lowest BCUT2D eigenvalue weighted by Crippen LogP contribution is -2.49. The van der Waals surface area contributed by atoms with Crippen molar-refractivity contribution in [2.24, 2.45) is 11.3 Å². The van der Waals surface area contributed by atoms with Gasteiger partial charge in [-0.15, -0.1) is 0 Å². The van der Waals surface area contributed by atoms with Gasteiger partial charge in [-0.25, -0.2) is 0 Å². The SMILES string of the molecule is COCC1COCCC12CCN(Cc1cccc(OC)c1)CC2. The normalized spacial score (nSPS) is 24.7. The summed E-state index contributed by atoms with van der Waals surface area (Å²) < 4.78 is 16.5. The largest absolute Gasteiger partial charge is 0.497 e. The third-order valence-electron chi connectivity index (χ3n) is 5.69. The Bertz CT molecular complexity index is 495. The van der Waals surface area contributed by atoms with E-state index >= 15 is 0 Å². The fraction of sp³-hybridized carbons (Fsp3) is 0.684. The predicted molar refractivity (Wildman–Crippen MR) is 90.7 cm³/mol. The minimum absolute atomic E-state index is 0.430. The number of benzene rings is 1. The summed E-state index contributed by atoms with van der Waals surface area (Å²) in [7, 11) is 3.53. The molecular weight excluding hydrogens is 290 g/mol. The molecule has 1 atom stereocenters. The maximum atomic E-state index is 5.70. The van der Waals surface area contributed by atoms with E-state index in [4.69, 9.17) is 14.2 Å². The Morgan fingerprint density at radius 3 is 2.78 bits per heavy atom. The molecule has 2 saturated heterocycles. The highest BCUT2D eigenvalue weighted by molar-refractivity contribution is 5.28. The lowest BCUT2D eigenvalue weighted by atomic mass is 9.66. The van der Waals surface area contributed by atoms with Crippen LogP contribution < -0.4 is 4.74 Å². The average Bonchev–Trinajstić information content (AvgIpc) is 2.60. The van der Waals surface area contributed by atoms with Crippen molar-refractivity contribution >= 4 is 0 Å². The third-order valence-corrected chi connectivity index (χ3v) is 5.69. The lowest BCUT2D eigenvalue weighted by Gasteiger charge is -2.49. The van der Waals surface area contributed by atoms with Crippen LogP contribution in [-0.2, 0) is 16.0 Å². The molecule has 2 fully saturated rings. The van der Waals surface area contributed by atoms with Crippen LogP contribution in [0.3, 0.4) is 0 Å². The van der Waals surface area contributed by atoms with Gasteiger partial charge in [-0.2, -0.15) is 0 Å². The van der Waals surface area contributed by atoms with Gasteiger partial charge in [0.2, 0.25) is 0 Å². The van der Waals surface area contributed by atoms with Gasteiger partial charge in [0.25, 0.3) is 0 Å². The van der Waals surface area contributed by atoms with Gasteiger partial charge in [0, 0.05) is 26.2 Å². The zero-order valence-electron chi connectivity index (χ0n) is 14.4. The number of nitrogens with zero attached hydrogens (tertiary/aromatic N) is 1. The smallest absolute Gasteiger partial charge is 0.119 e. The first-order valence-electron chi connectivity index (χ1n) is 8.68. The molecule has 2 aliphatic heterocycles. The van der Waals surface area contributed by atoms with Crippen molar-refractivity contribution in [3.05, 3.63) is 29.8 Å². The van der Waals surface area contributed by atoms with Gasteiger partial charge in [0.15, 0.2) is 0 Å². The van der Waals surface area contributed by atoms with Crippen LogP contribution in [-0.4, -0.2) is 52.0 Å². The van der Waals surface area contributed by atoms with Crippen LogP contribution >= 0.6 is 0 Å². The number of piperidine rings is 1. The van der Waals surface area contributed by atoms with E-state index in [1.807, 2.05) is 6.07 Å². The van der Waals surface area contributed by atoms with Crippen LogP contribution in [0.25, 0.3) is 0 Å². The molecule has 3 rings (SSSR count). The maximum absolute atomic E-state index is 5.70. The Labute approximate surface area is 139 Å². The van der Waals surface area contributed by atoms with E-state index in [-0.39, 0.29) is 0 Å². The molecule has 0 radical (unpaired) electrons. The van der Waals surface area contributed by atoms with Crippen LogP contribution in [0.5, 0.6) is 5.75 Å². The van der Waals surface area contributed by atoms with Crippen molar-refractivity contribution in [1.29, 1.82) is 0 Å². The van der Waals surface area contributed by atoms with Gasteiger partial charge < -0.3 is 14.2 Å². The van der Waals surface area contributed by atoms with Crippen LogP contribution in [0.2, 0.25) is 0 Å². The van der Waals surface area contributed by atoms with Gasteiger partial charge in [0.05, 0.1) is 20.3 Å². The Morgan fingerprint density at radius 1 is 1.22 bits per heavy atom. The lowest BCUT2D eigenvalue weighted by molar-refractivity contribution is -0.0951. The van der Waals surface area contributed by atoms with E-state index in [1.54, 1.807) is 14.2 Å². The Balaban J connectivity index is 1.58. The number of methoxy groups -OCH3 is 2. The van der Waals surface area contributed by atoms with Crippen LogP contribution in [0.15, 0.2) is 24.3 Å². The molecule has 2 aliphatic rings. The van der Waals surface area contributed by atoms with Crippen molar-refractivity contribution in [3.8, 4) is 5.75 Å². The highest BCUT2D eigenvalue weighted by atomic mass is 16.5. The summed E-state index contributed by atoms with van der Waals surface area (Å²) in [5, 5.41) is 0. The first-order chi connectivity index (χ1) is 11.3. The molecule has 128 valence electrons. The second kappa shape index (κ2) is 7.65. The van der Waals surface area contributed by atoms with Crippen molar-refractivity contribution in [2.45, 2.75) is 25.8 Å². The molecule has 1 aromatic carbocycles. The Morgan fingerprint density at radius 2 is 2.04 bits per heavy atom. The van der Waals surface area contributed by atoms with Crippen molar-refractivity contribution < 1.29 is 14.2 Å². The molecule has 0 aliphatic carbocycles. The van der Waals surface area contributed by atoms with E-state index < -0.39 is 0 Å². The Hall–Kier alpha value is -1.10. The molecule has 0 saturated carbocycles. The van der Waals surface area contributed by atoms with Gasteiger partial charge in [-0.1, -0.05) is 12.1 Å². The molecule has 1 spiro atoms. The second-order valence-electron chi connectivity index (χ2n) is 6.97. The molecular formula is C19H29NO3. The molecule has 0 bridgehead atoms. The molecule has 2 heterocycles. The summed E-state index contributed by atoms with van der Waals surface area (Å²) in [6.45, 7) is 5.95. The third kappa shape index (κ3) is 3.87. The number of likely N-dealkylation sites (tertiary alicyclic amines) is 1. The van der Waals surface area contributed by atoms with Crippen LogP contribution in [0.4, 0.5) is 0 Å². The molecule has 4 nitrogen and oxygen atoms in total. The quantitative estimate of drug-likeness (QED) is 0.835. The number of rotatable bonds is 5. The topological polar surface area (TPSA) is 30.9 Å². The summed E-state index contributed by atoms with van der Waals surface area (Å²) in [6.07, 6.45) is 3.71. The van der Waals surface area contributed by atoms with E-state index in [1.165, 1.54) is 24.8 Å². The first kappa shape index (κ1) is 16.7. The van der Waals surface area contributed by atoms with Crippen LogP contribution in [0.1, 0.15) is 24.8 Å². The first-order valence-corrected chi connectivity index (χ1v) is 8.68. The molecule has 0 amide bonds. The van der Waals surface area contributed by atoms with E-state index in [0.29, 0.717) is 11.3 Å².